The first kappa shape index (κ1) is 11.4. The van der Waals surface area contributed by atoms with Crippen molar-refractivity contribution in [1.29, 1.82) is 0 Å². The lowest BCUT2D eigenvalue weighted by Crippen LogP contribution is -1.92. The van der Waals surface area contributed by atoms with Gasteiger partial charge in [0.05, 0.1) is 5.69 Å². The second-order valence-electron chi connectivity index (χ2n) is 4.20. The second kappa shape index (κ2) is 4.90. The van der Waals surface area contributed by atoms with Crippen LogP contribution >= 0.6 is 0 Å². The molecule has 3 nitrogen and oxygen atoms in total. The van der Waals surface area contributed by atoms with Crippen LogP contribution < -0.4 is 0 Å². The topological polar surface area (TPSA) is 34.4 Å². The number of imidazole rings is 1. The van der Waals surface area contributed by atoms with Gasteiger partial charge < -0.3 is 4.40 Å². The Balaban J connectivity index is 1.84. The summed E-state index contributed by atoms with van der Waals surface area (Å²) in [5.74, 6) is -0.0161. The zero-order valence-corrected chi connectivity index (χ0v) is 10.2. The van der Waals surface area contributed by atoms with Gasteiger partial charge in [0.2, 0.25) is 0 Å². The number of hydrogen-bond donors (Lipinski definition) is 0. The molecule has 0 spiro atoms. The number of rotatable bonds is 3. The maximum absolute atomic E-state index is 11.9. The van der Waals surface area contributed by atoms with Crippen molar-refractivity contribution in [3.05, 3.63) is 78.3 Å². The lowest BCUT2D eigenvalue weighted by molar-refractivity contribution is 0.104. The average Bonchev–Trinajstić information content (AvgIpc) is 2.88. The standard InChI is InChI=1S/C16H12N2O/c19-15(13-6-2-1-3-7-13)10-9-14-12-18-11-5-4-8-16(18)17-14/h1-12H/b10-9+. The third-order valence-electron chi connectivity index (χ3n) is 2.85. The molecule has 1 aromatic carbocycles. The molecule has 0 amide bonds. The van der Waals surface area contributed by atoms with Crippen LogP contribution in [0.1, 0.15) is 16.1 Å². The van der Waals surface area contributed by atoms with E-state index in [1.807, 2.05) is 53.2 Å². The lowest BCUT2D eigenvalue weighted by atomic mass is 10.1. The number of carbonyl (C=O) groups excluding carboxylic acids is 1. The van der Waals surface area contributed by atoms with Crippen molar-refractivity contribution in [1.82, 2.24) is 9.38 Å². The summed E-state index contributed by atoms with van der Waals surface area (Å²) in [6.07, 6.45) is 7.11. The van der Waals surface area contributed by atoms with Gasteiger partial charge in [-0.05, 0) is 24.3 Å². The summed E-state index contributed by atoms with van der Waals surface area (Å²) in [7, 11) is 0. The molecular weight excluding hydrogens is 236 g/mol. The number of allylic oxidation sites excluding steroid dienone is 1. The molecule has 2 aromatic heterocycles. The van der Waals surface area contributed by atoms with Gasteiger partial charge >= 0.3 is 0 Å². The number of fused-ring (bicyclic) bond motifs is 1. The van der Waals surface area contributed by atoms with Crippen molar-refractivity contribution in [2.45, 2.75) is 0 Å². The SMILES string of the molecule is O=C(/C=C/c1cn2ccccc2n1)c1ccccc1. The highest BCUT2D eigenvalue weighted by Gasteiger charge is 2.01. The zero-order valence-electron chi connectivity index (χ0n) is 10.2. The van der Waals surface area contributed by atoms with E-state index in [9.17, 15) is 4.79 Å². The van der Waals surface area contributed by atoms with Gasteiger partial charge in [-0.2, -0.15) is 0 Å². The fraction of sp³-hybridized carbons (Fsp3) is 0. The van der Waals surface area contributed by atoms with Gasteiger partial charge in [0, 0.05) is 18.0 Å². The lowest BCUT2D eigenvalue weighted by Gasteiger charge is -1.92. The number of aromatic nitrogens is 2. The number of hydrogen-bond acceptors (Lipinski definition) is 2. The van der Waals surface area contributed by atoms with Gasteiger partial charge in [0.25, 0.3) is 0 Å². The van der Waals surface area contributed by atoms with E-state index in [1.165, 1.54) is 0 Å². The molecule has 0 atom stereocenters. The summed E-state index contributed by atoms with van der Waals surface area (Å²) in [6.45, 7) is 0. The van der Waals surface area contributed by atoms with Crippen LogP contribution in [0.5, 0.6) is 0 Å². The quantitative estimate of drug-likeness (QED) is 0.527. The van der Waals surface area contributed by atoms with Gasteiger partial charge in [0.1, 0.15) is 5.65 Å². The second-order valence-corrected chi connectivity index (χ2v) is 4.20. The number of ketones is 1. The molecule has 0 aliphatic carbocycles. The molecule has 0 fully saturated rings. The highest BCUT2D eigenvalue weighted by atomic mass is 16.1. The van der Waals surface area contributed by atoms with Crippen molar-refractivity contribution in [2.24, 2.45) is 0 Å². The minimum Gasteiger partial charge on any atom is -0.306 e. The summed E-state index contributed by atoms with van der Waals surface area (Å²) in [6, 6.07) is 15.0. The van der Waals surface area contributed by atoms with E-state index < -0.39 is 0 Å². The Morgan fingerprint density at radius 2 is 1.84 bits per heavy atom. The van der Waals surface area contributed by atoms with Crippen molar-refractivity contribution < 1.29 is 4.79 Å². The van der Waals surface area contributed by atoms with Gasteiger partial charge in [-0.25, -0.2) is 4.98 Å². The van der Waals surface area contributed by atoms with E-state index in [4.69, 9.17) is 0 Å². The maximum atomic E-state index is 11.9. The van der Waals surface area contributed by atoms with Crippen LogP contribution in [0.25, 0.3) is 11.7 Å². The third-order valence-corrected chi connectivity index (χ3v) is 2.85. The molecule has 0 radical (unpaired) electrons. The van der Waals surface area contributed by atoms with Crippen LogP contribution in [0.3, 0.4) is 0 Å². The van der Waals surface area contributed by atoms with Crippen molar-refractivity contribution >= 4 is 17.5 Å². The maximum Gasteiger partial charge on any atom is 0.185 e. The highest BCUT2D eigenvalue weighted by molar-refractivity contribution is 6.06. The van der Waals surface area contributed by atoms with E-state index >= 15 is 0 Å². The van der Waals surface area contributed by atoms with Gasteiger partial charge in [-0.15, -0.1) is 0 Å². The largest absolute Gasteiger partial charge is 0.306 e. The van der Waals surface area contributed by atoms with E-state index in [0.29, 0.717) is 5.56 Å². The summed E-state index contributed by atoms with van der Waals surface area (Å²) in [4.78, 5) is 16.3. The molecule has 92 valence electrons. The van der Waals surface area contributed by atoms with Crippen LogP contribution in [-0.2, 0) is 0 Å². The molecule has 0 N–H and O–H groups in total. The Labute approximate surface area is 110 Å². The molecule has 3 rings (SSSR count). The molecule has 3 heteroatoms. The monoisotopic (exact) mass is 248 g/mol. The summed E-state index contributed by atoms with van der Waals surface area (Å²) in [5, 5.41) is 0. The van der Waals surface area contributed by atoms with Gasteiger partial charge in [-0.3, -0.25) is 4.79 Å². The summed E-state index contributed by atoms with van der Waals surface area (Å²) < 4.78 is 1.92. The Bertz CT molecular complexity index is 709. The van der Waals surface area contributed by atoms with Crippen molar-refractivity contribution in [3.8, 4) is 0 Å². The number of carbonyl (C=O) groups is 1. The fourth-order valence-electron chi connectivity index (χ4n) is 1.89. The average molecular weight is 248 g/mol. The van der Waals surface area contributed by atoms with E-state index in [-0.39, 0.29) is 5.78 Å². The van der Waals surface area contributed by atoms with Crippen LogP contribution in [-0.4, -0.2) is 15.2 Å². The van der Waals surface area contributed by atoms with E-state index in [1.54, 1.807) is 24.3 Å². The van der Waals surface area contributed by atoms with Crippen LogP contribution in [0.4, 0.5) is 0 Å². The van der Waals surface area contributed by atoms with Crippen LogP contribution in [0, 0.1) is 0 Å². The summed E-state index contributed by atoms with van der Waals surface area (Å²) >= 11 is 0. The molecule has 2 heterocycles. The minimum absolute atomic E-state index is 0.0161. The van der Waals surface area contributed by atoms with Gasteiger partial charge in [0.15, 0.2) is 5.78 Å². The predicted molar refractivity (Wildman–Crippen MR) is 75.0 cm³/mol. The molecule has 0 aliphatic heterocycles. The first-order valence-electron chi connectivity index (χ1n) is 6.04. The zero-order chi connectivity index (χ0) is 13.1. The number of pyridine rings is 1. The molecule has 3 aromatic rings. The van der Waals surface area contributed by atoms with Gasteiger partial charge in [-0.1, -0.05) is 36.4 Å². The third kappa shape index (κ3) is 2.45. The number of nitrogens with zero attached hydrogens (tertiary/aromatic N) is 2. The van der Waals surface area contributed by atoms with E-state index in [2.05, 4.69) is 4.98 Å². The Kier molecular flexibility index (Phi) is 2.94. The first-order valence-corrected chi connectivity index (χ1v) is 6.04. The fourth-order valence-corrected chi connectivity index (χ4v) is 1.89. The van der Waals surface area contributed by atoms with Crippen molar-refractivity contribution in [2.75, 3.05) is 0 Å². The normalized spacial score (nSPS) is 11.2. The smallest absolute Gasteiger partial charge is 0.185 e. The Hall–Kier alpha value is -2.68. The minimum atomic E-state index is -0.0161. The first-order chi connectivity index (χ1) is 9.33. The van der Waals surface area contributed by atoms with Crippen LogP contribution in [0.2, 0.25) is 0 Å². The van der Waals surface area contributed by atoms with Crippen molar-refractivity contribution in [3.63, 3.8) is 0 Å². The molecule has 19 heavy (non-hydrogen) atoms. The molecule has 0 saturated carbocycles. The summed E-state index contributed by atoms with van der Waals surface area (Å²) in [5.41, 5.74) is 2.33. The molecular formula is C16H12N2O. The van der Waals surface area contributed by atoms with Crippen LogP contribution in [0.15, 0.2) is 67.0 Å². The Morgan fingerprint density at radius 3 is 2.63 bits per heavy atom. The number of benzene rings is 1. The molecule has 0 aliphatic rings. The predicted octanol–water partition coefficient (Wildman–Crippen LogP) is 3.23. The highest BCUT2D eigenvalue weighted by Crippen LogP contribution is 2.07. The molecule has 0 saturated heterocycles. The van der Waals surface area contributed by atoms with E-state index in [0.717, 1.165) is 11.3 Å². The Morgan fingerprint density at radius 1 is 1.05 bits per heavy atom. The molecule has 0 bridgehead atoms. The molecule has 0 unspecified atom stereocenters.